The molecule has 0 spiro atoms. The molecular formula is C22H29N3O3. The summed E-state index contributed by atoms with van der Waals surface area (Å²) in [6.45, 7) is 0.931. The van der Waals surface area contributed by atoms with Crippen LogP contribution in [0, 0.1) is 5.41 Å². The van der Waals surface area contributed by atoms with Crippen molar-refractivity contribution < 1.29 is 14.3 Å². The molecule has 1 amide bonds. The zero-order valence-corrected chi connectivity index (χ0v) is 16.4. The minimum Gasteiger partial charge on any atom is -0.493 e. The Morgan fingerprint density at radius 2 is 2.04 bits per heavy atom. The van der Waals surface area contributed by atoms with Gasteiger partial charge in [0.2, 0.25) is 5.91 Å². The predicted octanol–water partition coefficient (Wildman–Crippen LogP) is 3.91. The highest BCUT2D eigenvalue weighted by molar-refractivity contribution is 5.91. The lowest BCUT2D eigenvalue weighted by Gasteiger charge is -2.35. The van der Waals surface area contributed by atoms with E-state index in [2.05, 4.69) is 10.3 Å². The van der Waals surface area contributed by atoms with E-state index >= 15 is 0 Å². The molecule has 1 aromatic carbocycles. The number of nitrogens with one attached hydrogen (secondary N) is 1. The maximum absolute atomic E-state index is 12.6. The lowest BCUT2D eigenvalue weighted by Crippen LogP contribution is -2.36. The molecule has 0 saturated heterocycles. The van der Waals surface area contributed by atoms with E-state index in [1.54, 1.807) is 31.6 Å². The molecule has 0 aliphatic heterocycles. The molecule has 1 aromatic heterocycles. The second kappa shape index (κ2) is 9.55. The van der Waals surface area contributed by atoms with E-state index in [1.807, 2.05) is 18.2 Å². The lowest BCUT2D eigenvalue weighted by molar-refractivity contribution is -0.118. The van der Waals surface area contributed by atoms with Crippen molar-refractivity contribution >= 4 is 11.6 Å². The molecule has 1 aliphatic rings. The van der Waals surface area contributed by atoms with Crippen molar-refractivity contribution in [2.24, 2.45) is 11.1 Å². The summed E-state index contributed by atoms with van der Waals surface area (Å²) in [7, 11) is 1.60. The zero-order valence-electron chi connectivity index (χ0n) is 16.4. The summed E-state index contributed by atoms with van der Waals surface area (Å²) < 4.78 is 11.3. The average Bonchev–Trinajstić information content (AvgIpc) is 2.73. The van der Waals surface area contributed by atoms with Gasteiger partial charge in [0, 0.05) is 36.1 Å². The number of benzene rings is 1. The number of hydrogen-bond donors (Lipinski definition) is 2. The smallest absolute Gasteiger partial charge is 0.224 e. The molecule has 0 radical (unpaired) electrons. The molecule has 1 heterocycles. The van der Waals surface area contributed by atoms with Gasteiger partial charge in [-0.1, -0.05) is 25.3 Å². The SMILES string of the molecule is COc1ccc(NC(=O)CC2(CN)CCCCC2)cc1OCc1cccnc1. The monoisotopic (exact) mass is 383 g/mol. The normalized spacial score (nSPS) is 15.6. The Balaban J connectivity index is 1.65. The molecule has 3 rings (SSSR count). The Hall–Kier alpha value is -2.60. The number of anilines is 1. The topological polar surface area (TPSA) is 86.5 Å². The van der Waals surface area contributed by atoms with Crippen molar-refractivity contribution in [3.63, 3.8) is 0 Å². The van der Waals surface area contributed by atoms with E-state index in [9.17, 15) is 4.79 Å². The molecule has 1 fully saturated rings. The highest BCUT2D eigenvalue weighted by Crippen LogP contribution is 2.39. The number of amides is 1. The average molecular weight is 383 g/mol. The fourth-order valence-corrected chi connectivity index (χ4v) is 3.81. The number of nitrogens with two attached hydrogens (primary N) is 1. The Kier molecular flexibility index (Phi) is 6.87. The van der Waals surface area contributed by atoms with Crippen LogP contribution in [0.15, 0.2) is 42.7 Å². The number of ether oxygens (including phenoxy) is 2. The van der Waals surface area contributed by atoms with Crippen LogP contribution < -0.4 is 20.5 Å². The molecule has 2 aromatic rings. The quantitative estimate of drug-likeness (QED) is 0.722. The first-order valence-corrected chi connectivity index (χ1v) is 9.84. The Morgan fingerprint density at radius 1 is 1.21 bits per heavy atom. The predicted molar refractivity (Wildman–Crippen MR) is 109 cm³/mol. The first-order chi connectivity index (χ1) is 13.6. The van der Waals surface area contributed by atoms with Gasteiger partial charge in [-0.25, -0.2) is 0 Å². The van der Waals surface area contributed by atoms with E-state index < -0.39 is 0 Å². The fraction of sp³-hybridized carbons (Fsp3) is 0.455. The third-order valence-corrected chi connectivity index (χ3v) is 5.45. The van der Waals surface area contributed by atoms with Crippen LogP contribution in [0.4, 0.5) is 5.69 Å². The fourth-order valence-electron chi connectivity index (χ4n) is 3.81. The minimum atomic E-state index is -0.0611. The summed E-state index contributed by atoms with van der Waals surface area (Å²) in [6.07, 6.45) is 9.53. The second-order valence-corrected chi connectivity index (χ2v) is 7.51. The number of aromatic nitrogens is 1. The highest BCUT2D eigenvalue weighted by Gasteiger charge is 2.33. The minimum absolute atomic E-state index is 0.00396. The van der Waals surface area contributed by atoms with Gasteiger partial charge in [0.15, 0.2) is 11.5 Å². The van der Waals surface area contributed by atoms with Gasteiger partial charge in [-0.15, -0.1) is 0 Å². The molecule has 0 atom stereocenters. The molecule has 28 heavy (non-hydrogen) atoms. The number of carbonyl (C=O) groups is 1. The van der Waals surface area contributed by atoms with Crippen molar-refractivity contribution in [3.05, 3.63) is 48.3 Å². The lowest BCUT2D eigenvalue weighted by atomic mass is 9.71. The first-order valence-electron chi connectivity index (χ1n) is 9.84. The molecule has 1 aliphatic carbocycles. The number of hydrogen-bond acceptors (Lipinski definition) is 5. The van der Waals surface area contributed by atoms with Crippen molar-refractivity contribution in [1.29, 1.82) is 0 Å². The van der Waals surface area contributed by atoms with Gasteiger partial charge in [-0.3, -0.25) is 9.78 Å². The van der Waals surface area contributed by atoms with Crippen LogP contribution in [-0.4, -0.2) is 24.5 Å². The van der Waals surface area contributed by atoms with Crippen LogP contribution in [0.2, 0.25) is 0 Å². The van der Waals surface area contributed by atoms with Crippen LogP contribution in [0.25, 0.3) is 0 Å². The van der Waals surface area contributed by atoms with Gasteiger partial charge in [0.1, 0.15) is 6.61 Å². The highest BCUT2D eigenvalue weighted by atomic mass is 16.5. The van der Waals surface area contributed by atoms with E-state index in [0.29, 0.717) is 36.8 Å². The summed E-state index contributed by atoms with van der Waals surface area (Å²) in [5, 5.41) is 3.00. The summed E-state index contributed by atoms with van der Waals surface area (Å²) in [4.78, 5) is 16.7. The van der Waals surface area contributed by atoms with Crippen LogP contribution in [0.1, 0.15) is 44.1 Å². The van der Waals surface area contributed by atoms with Gasteiger partial charge in [0.25, 0.3) is 0 Å². The molecule has 6 heteroatoms. The Labute approximate surface area is 166 Å². The molecule has 6 nitrogen and oxygen atoms in total. The van der Waals surface area contributed by atoms with E-state index in [-0.39, 0.29) is 11.3 Å². The molecule has 0 unspecified atom stereocenters. The standard InChI is InChI=1S/C22H29N3O3/c1-27-19-8-7-18(12-20(19)28-15-17-6-5-11-24-14-17)25-21(26)13-22(16-23)9-3-2-4-10-22/h5-8,11-12,14H,2-4,9-10,13,15-16,23H2,1H3,(H,25,26). The molecule has 150 valence electrons. The van der Waals surface area contributed by atoms with Gasteiger partial charge >= 0.3 is 0 Å². The summed E-state index contributed by atoms with van der Waals surface area (Å²) in [5.41, 5.74) is 7.60. The molecule has 3 N–H and O–H groups in total. The van der Waals surface area contributed by atoms with Crippen LogP contribution in [0.5, 0.6) is 11.5 Å². The van der Waals surface area contributed by atoms with Crippen LogP contribution in [-0.2, 0) is 11.4 Å². The van der Waals surface area contributed by atoms with Crippen LogP contribution >= 0.6 is 0 Å². The second-order valence-electron chi connectivity index (χ2n) is 7.51. The Bertz CT molecular complexity index is 774. The maximum Gasteiger partial charge on any atom is 0.224 e. The van der Waals surface area contributed by atoms with Gasteiger partial charge < -0.3 is 20.5 Å². The molecule has 1 saturated carbocycles. The third-order valence-electron chi connectivity index (χ3n) is 5.45. The van der Waals surface area contributed by atoms with Gasteiger partial charge in [-0.05, 0) is 43.0 Å². The number of nitrogens with zero attached hydrogens (tertiary/aromatic N) is 1. The molecular weight excluding hydrogens is 354 g/mol. The Morgan fingerprint density at radius 3 is 2.71 bits per heavy atom. The third kappa shape index (κ3) is 5.23. The van der Waals surface area contributed by atoms with Crippen molar-refractivity contribution in [3.8, 4) is 11.5 Å². The number of rotatable bonds is 8. The van der Waals surface area contributed by atoms with Gasteiger partial charge in [-0.2, -0.15) is 0 Å². The number of pyridine rings is 1. The van der Waals surface area contributed by atoms with E-state index in [4.69, 9.17) is 15.2 Å². The summed E-state index contributed by atoms with van der Waals surface area (Å²) in [5.74, 6) is 1.19. The number of carbonyl (C=O) groups excluding carboxylic acids is 1. The summed E-state index contributed by atoms with van der Waals surface area (Å²) in [6, 6.07) is 9.23. The first kappa shape index (κ1) is 20.1. The molecule has 0 bridgehead atoms. The van der Waals surface area contributed by atoms with Crippen LogP contribution in [0.3, 0.4) is 0 Å². The van der Waals surface area contributed by atoms with Crippen molar-refractivity contribution in [2.75, 3.05) is 19.0 Å². The summed E-state index contributed by atoms with van der Waals surface area (Å²) >= 11 is 0. The van der Waals surface area contributed by atoms with E-state index in [0.717, 1.165) is 31.2 Å². The van der Waals surface area contributed by atoms with Gasteiger partial charge in [0.05, 0.1) is 7.11 Å². The maximum atomic E-state index is 12.6. The number of methoxy groups -OCH3 is 1. The largest absolute Gasteiger partial charge is 0.493 e. The van der Waals surface area contributed by atoms with Crippen molar-refractivity contribution in [2.45, 2.75) is 45.1 Å². The van der Waals surface area contributed by atoms with E-state index in [1.165, 1.54) is 6.42 Å². The zero-order chi connectivity index (χ0) is 19.8. The van der Waals surface area contributed by atoms with Crippen molar-refractivity contribution in [1.82, 2.24) is 4.98 Å².